The molecule has 0 aromatic carbocycles. The lowest BCUT2D eigenvalue weighted by atomic mass is 9.84. The van der Waals surface area contributed by atoms with Crippen LogP contribution in [0.4, 0.5) is 4.79 Å². The number of unbranched alkanes of at least 4 members (excludes halogenated alkanes) is 1. The lowest BCUT2D eigenvalue weighted by molar-refractivity contribution is -0.125. The van der Waals surface area contributed by atoms with Gasteiger partial charge in [-0.3, -0.25) is 4.79 Å². The smallest absolute Gasteiger partial charge is 0.407 e. The first-order valence-electron chi connectivity index (χ1n) is 10.1. The van der Waals surface area contributed by atoms with Gasteiger partial charge in [-0.05, 0) is 39.5 Å². The maximum Gasteiger partial charge on any atom is 0.407 e. The van der Waals surface area contributed by atoms with Gasteiger partial charge in [-0.1, -0.05) is 45.4 Å². The number of hydrogen-bond donors (Lipinski definition) is 3. The van der Waals surface area contributed by atoms with E-state index in [2.05, 4.69) is 17.6 Å². The molecule has 0 bridgehead atoms. The number of carbonyl (C=O) groups excluding carboxylic acids is 2. The van der Waals surface area contributed by atoms with E-state index in [-0.39, 0.29) is 12.3 Å². The van der Waals surface area contributed by atoms with Gasteiger partial charge in [0.1, 0.15) is 6.10 Å². The van der Waals surface area contributed by atoms with Gasteiger partial charge in [0.05, 0.1) is 12.5 Å². The van der Waals surface area contributed by atoms with Crippen molar-refractivity contribution >= 4 is 12.0 Å². The predicted molar refractivity (Wildman–Crippen MR) is 103 cm³/mol. The van der Waals surface area contributed by atoms with Crippen LogP contribution in [0.25, 0.3) is 0 Å². The van der Waals surface area contributed by atoms with Crippen molar-refractivity contribution in [2.24, 2.45) is 5.92 Å². The maximum atomic E-state index is 12.2. The molecule has 3 N–H and O–H groups in total. The van der Waals surface area contributed by atoms with E-state index in [0.29, 0.717) is 18.9 Å². The predicted octanol–water partition coefficient (Wildman–Crippen LogP) is 3.52. The summed E-state index contributed by atoms with van der Waals surface area (Å²) in [6.07, 6.45) is 6.11. The van der Waals surface area contributed by atoms with Crippen molar-refractivity contribution in [3.8, 4) is 0 Å². The number of rotatable bonds is 9. The van der Waals surface area contributed by atoms with E-state index in [4.69, 9.17) is 4.74 Å². The lowest BCUT2D eigenvalue weighted by Gasteiger charge is -2.30. The fourth-order valence-electron chi connectivity index (χ4n) is 3.31. The van der Waals surface area contributed by atoms with E-state index in [1.54, 1.807) is 0 Å². The van der Waals surface area contributed by atoms with Gasteiger partial charge in [-0.15, -0.1) is 0 Å². The third-order valence-corrected chi connectivity index (χ3v) is 4.70. The first kappa shape index (κ1) is 22.7. The van der Waals surface area contributed by atoms with Gasteiger partial charge < -0.3 is 20.5 Å². The third kappa shape index (κ3) is 10.00. The molecule has 0 aromatic heterocycles. The van der Waals surface area contributed by atoms with Crippen LogP contribution >= 0.6 is 0 Å². The van der Waals surface area contributed by atoms with Gasteiger partial charge in [0.25, 0.3) is 0 Å². The van der Waals surface area contributed by atoms with Crippen molar-refractivity contribution in [1.82, 2.24) is 10.6 Å². The van der Waals surface area contributed by atoms with E-state index >= 15 is 0 Å². The van der Waals surface area contributed by atoms with Gasteiger partial charge in [0, 0.05) is 12.1 Å². The second-order valence-electron chi connectivity index (χ2n) is 8.53. The number of ether oxygens (including phenoxy) is 1. The minimum absolute atomic E-state index is 0.0378. The molecule has 2 amide bonds. The summed E-state index contributed by atoms with van der Waals surface area (Å²) in [7, 11) is 0. The van der Waals surface area contributed by atoms with Crippen LogP contribution < -0.4 is 10.6 Å². The van der Waals surface area contributed by atoms with Crippen molar-refractivity contribution in [2.75, 3.05) is 6.54 Å². The number of nitrogens with one attached hydrogen (secondary N) is 2. The molecule has 0 aliphatic heterocycles. The van der Waals surface area contributed by atoms with E-state index in [9.17, 15) is 14.7 Å². The summed E-state index contributed by atoms with van der Waals surface area (Å²) in [6, 6.07) is 0. The number of alkyl carbamates (subject to hydrolysis) is 1. The van der Waals surface area contributed by atoms with Crippen LogP contribution in [0.15, 0.2) is 0 Å². The lowest BCUT2D eigenvalue weighted by Crippen LogP contribution is -2.45. The molecule has 0 unspecified atom stereocenters. The Bertz CT molecular complexity index is 428. The minimum Gasteiger partial charge on any atom is -0.443 e. The molecule has 1 aliphatic rings. The number of hydrogen-bond acceptors (Lipinski definition) is 4. The van der Waals surface area contributed by atoms with Crippen LogP contribution in [0.3, 0.4) is 0 Å². The van der Waals surface area contributed by atoms with E-state index in [1.165, 1.54) is 19.3 Å². The normalized spacial score (nSPS) is 18.0. The summed E-state index contributed by atoms with van der Waals surface area (Å²) in [6.45, 7) is 8.30. The van der Waals surface area contributed by atoms with Gasteiger partial charge >= 0.3 is 6.09 Å². The van der Waals surface area contributed by atoms with Crippen LogP contribution in [-0.2, 0) is 9.53 Å². The second kappa shape index (κ2) is 11.4. The summed E-state index contributed by atoms with van der Waals surface area (Å²) < 4.78 is 5.54. The molecule has 1 saturated carbocycles. The quantitative estimate of drug-likeness (QED) is 0.542. The standard InChI is InChI=1S/C20H38N2O4/c1-5-6-12-21-18(24)14-16(23)17(13-15-10-8-7-9-11-15)26-19(25)22-20(2,3)4/h15-17,23H,5-14H2,1-4H3,(H,21,24)(H,22,25)/t16-,17-/m0/s1. The number of carbonyl (C=O) groups is 2. The number of aliphatic hydroxyl groups is 1. The Hall–Kier alpha value is -1.30. The molecule has 0 heterocycles. The van der Waals surface area contributed by atoms with Crippen molar-refractivity contribution in [2.45, 2.75) is 103 Å². The molecule has 2 atom stereocenters. The Morgan fingerprint density at radius 1 is 1.19 bits per heavy atom. The molecule has 26 heavy (non-hydrogen) atoms. The highest BCUT2D eigenvalue weighted by molar-refractivity contribution is 5.76. The highest BCUT2D eigenvalue weighted by Gasteiger charge is 2.30. The van der Waals surface area contributed by atoms with E-state index in [1.807, 2.05) is 20.8 Å². The van der Waals surface area contributed by atoms with Crippen LogP contribution in [0.5, 0.6) is 0 Å². The first-order chi connectivity index (χ1) is 12.2. The number of aliphatic hydroxyl groups excluding tert-OH is 1. The Labute approximate surface area is 158 Å². The summed E-state index contributed by atoms with van der Waals surface area (Å²) in [4.78, 5) is 24.2. The zero-order valence-electron chi connectivity index (χ0n) is 17.0. The van der Waals surface area contributed by atoms with Gasteiger partial charge in [0.15, 0.2) is 0 Å². The van der Waals surface area contributed by atoms with Crippen molar-refractivity contribution in [3.05, 3.63) is 0 Å². The van der Waals surface area contributed by atoms with Crippen LogP contribution in [0.1, 0.15) is 85.5 Å². The summed E-state index contributed by atoms with van der Waals surface area (Å²) >= 11 is 0. The van der Waals surface area contributed by atoms with Crippen molar-refractivity contribution in [1.29, 1.82) is 0 Å². The van der Waals surface area contributed by atoms with E-state index in [0.717, 1.165) is 25.7 Å². The van der Waals surface area contributed by atoms with Gasteiger partial charge in [-0.2, -0.15) is 0 Å². The largest absolute Gasteiger partial charge is 0.443 e. The molecule has 0 spiro atoms. The van der Waals surface area contributed by atoms with Crippen LogP contribution in [0.2, 0.25) is 0 Å². The molecule has 1 rings (SSSR count). The fraction of sp³-hybridized carbons (Fsp3) is 0.900. The zero-order valence-corrected chi connectivity index (χ0v) is 17.0. The Morgan fingerprint density at radius 3 is 2.42 bits per heavy atom. The van der Waals surface area contributed by atoms with Gasteiger partial charge in [0.2, 0.25) is 5.91 Å². The Balaban J connectivity index is 2.62. The SMILES string of the molecule is CCCCNC(=O)C[C@H](O)[C@H](CC1CCCCC1)OC(=O)NC(C)(C)C. The molecule has 0 aromatic rings. The zero-order chi connectivity index (χ0) is 19.6. The minimum atomic E-state index is -0.982. The summed E-state index contributed by atoms with van der Waals surface area (Å²) in [5.41, 5.74) is -0.408. The molecule has 0 radical (unpaired) electrons. The second-order valence-corrected chi connectivity index (χ2v) is 8.53. The van der Waals surface area contributed by atoms with Gasteiger partial charge in [-0.25, -0.2) is 4.79 Å². The molecule has 1 fully saturated rings. The van der Waals surface area contributed by atoms with Crippen LogP contribution in [0, 0.1) is 5.92 Å². The molecule has 152 valence electrons. The average molecular weight is 371 g/mol. The topological polar surface area (TPSA) is 87.7 Å². The Kier molecular flexibility index (Phi) is 9.99. The first-order valence-corrected chi connectivity index (χ1v) is 10.1. The monoisotopic (exact) mass is 370 g/mol. The summed E-state index contributed by atoms with van der Waals surface area (Å²) in [5, 5.41) is 16.1. The highest BCUT2D eigenvalue weighted by atomic mass is 16.6. The number of amides is 2. The third-order valence-electron chi connectivity index (χ3n) is 4.70. The molecule has 6 heteroatoms. The molecular formula is C20H38N2O4. The Morgan fingerprint density at radius 2 is 1.85 bits per heavy atom. The van der Waals surface area contributed by atoms with Crippen molar-refractivity contribution in [3.63, 3.8) is 0 Å². The van der Waals surface area contributed by atoms with E-state index < -0.39 is 23.8 Å². The molecule has 6 nitrogen and oxygen atoms in total. The van der Waals surface area contributed by atoms with Crippen LogP contribution in [-0.4, -0.2) is 41.4 Å². The molecule has 1 aliphatic carbocycles. The fourth-order valence-corrected chi connectivity index (χ4v) is 3.31. The maximum absolute atomic E-state index is 12.2. The summed E-state index contributed by atoms with van der Waals surface area (Å²) in [5.74, 6) is 0.244. The highest BCUT2D eigenvalue weighted by Crippen LogP contribution is 2.29. The molecule has 0 saturated heterocycles. The molecular weight excluding hydrogens is 332 g/mol. The average Bonchev–Trinajstić information content (AvgIpc) is 2.53. The van der Waals surface area contributed by atoms with Crippen molar-refractivity contribution < 1.29 is 19.4 Å².